The van der Waals surface area contributed by atoms with E-state index in [2.05, 4.69) is 38.7 Å². The first-order valence-corrected chi connectivity index (χ1v) is 15.1. The Hall–Kier alpha value is -4.64. The zero-order chi connectivity index (χ0) is 29.7. The standard InChI is InChI=1S/C38H33NO4/c1-37(2)15-17-39-18-16-38(3,4)32-33(39)30(37)20-25-19-27(36(41)43-34(25)32)23-9-11-24(12-10-23)28-21-29-26-8-6-5-7-22(26)13-14-31(29)42-35(28)40/h5-14,19-21H,15-18H2,1-4H3. The third-order valence-corrected chi connectivity index (χ3v) is 9.88. The van der Waals surface area contributed by atoms with Gasteiger partial charge in [0.15, 0.2) is 0 Å². The molecule has 43 heavy (non-hydrogen) atoms. The highest BCUT2D eigenvalue weighted by Crippen LogP contribution is 2.51. The van der Waals surface area contributed by atoms with E-state index >= 15 is 0 Å². The van der Waals surface area contributed by atoms with Gasteiger partial charge in [-0.15, -0.1) is 0 Å². The highest BCUT2D eigenvalue weighted by molar-refractivity contribution is 6.06. The van der Waals surface area contributed by atoms with Crippen molar-refractivity contribution in [2.75, 3.05) is 18.0 Å². The smallest absolute Gasteiger partial charge is 0.344 e. The molecule has 0 N–H and O–H groups in total. The van der Waals surface area contributed by atoms with E-state index in [1.165, 1.54) is 11.3 Å². The average molecular weight is 568 g/mol. The van der Waals surface area contributed by atoms with Crippen molar-refractivity contribution in [2.24, 2.45) is 0 Å². The van der Waals surface area contributed by atoms with Crippen LogP contribution in [0.25, 0.3) is 55.0 Å². The van der Waals surface area contributed by atoms with Gasteiger partial charge >= 0.3 is 11.3 Å². The van der Waals surface area contributed by atoms with Gasteiger partial charge in [0.05, 0.1) is 11.1 Å². The molecule has 2 aromatic heterocycles. The Kier molecular flexibility index (Phi) is 5.41. The van der Waals surface area contributed by atoms with Crippen LogP contribution in [0.3, 0.4) is 0 Å². The summed E-state index contributed by atoms with van der Waals surface area (Å²) in [4.78, 5) is 29.0. The predicted octanol–water partition coefficient (Wildman–Crippen LogP) is 8.56. The average Bonchev–Trinajstić information content (AvgIpc) is 2.99. The fourth-order valence-electron chi connectivity index (χ4n) is 7.25. The van der Waals surface area contributed by atoms with Crippen molar-refractivity contribution in [1.82, 2.24) is 0 Å². The van der Waals surface area contributed by atoms with Gasteiger partial charge in [-0.05, 0) is 75.4 Å². The second kappa shape index (κ2) is 8.93. The van der Waals surface area contributed by atoms with Crippen molar-refractivity contribution in [3.05, 3.63) is 111 Å². The Bertz CT molecular complexity index is 2230. The van der Waals surface area contributed by atoms with Crippen molar-refractivity contribution in [3.8, 4) is 22.3 Å². The predicted molar refractivity (Wildman–Crippen MR) is 174 cm³/mol. The van der Waals surface area contributed by atoms with E-state index in [4.69, 9.17) is 8.83 Å². The largest absolute Gasteiger partial charge is 0.422 e. The minimum Gasteiger partial charge on any atom is -0.422 e. The molecular weight excluding hydrogens is 534 g/mol. The molecule has 0 fully saturated rings. The summed E-state index contributed by atoms with van der Waals surface area (Å²) in [6, 6.07) is 25.5. The van der Waals surface area contributed by atoms with E-state index in [1.807, 2.05) is 72.8 Å². The van der Waals surface area contributed by atoms with E-state index in [1.54, 1.807) is 0 Å². The summed E-state index contributed by atoms with van der Waals surface area (Å²) in [6.45, 7) is 11.2. The summed E-state index contributed by atoms with van der Waals surface area (Å²) in [5.74, 6) is 0. The van der Waals surface area contributed by atoms with Gasteiger partial charge in [0.1, 0.15) is 11.2 Å². The van der Waals surface area contributed by atoms with Crippen molar-refractivity contribution >= 4 is 38.4 Å². The maximum Gasteiger partial charge on any atom is 0.344 e. The SMILES string of the molecule is CC1(C)CCN2CCC(C)(C)c3c2c1cc1cc(-c2ccc(-c4cc5c(ccc6ccccc65)oc4=O)cc2)c(=O)oc31. The second-order valence-electron chi connectivity index (χ2n) is 13.5. The van der Waals surface area contributed by atoms with Gasteiger partial charge in [0.25, 0.3) is 0 Å². The number of hydrogen-bond acceptors (Lipinski definition) is 5. The summed E-state index contributed by atoms with van der Waals surface area (Å²) in [5.41, 5.74) is 6.71. The molecule has 2 aliphatic rings. The summed E-state index contributed by atoms with van der Waals surface area (Å²) < 4.78 is 11.9. The van der Waals surface area contributed by atoms with E-state index in [0.29, 0.717) is 22.3 Å². The van der Waals surface area contributed by atoms with E-state index in [-0.39, 0.29) is 16.5 Å². The molecule has 8 rings (SSSR count). The lowest BCUT2D eigenvalue weighted by molar-refractivity contribution is 0.398. The van der Waals surface area contributed by atoms with Crippen molar-refractivity contribution in [2.45, 2.75) is 51.4 Å². The van der Waals surface area contributed by atoms with Gasteiger partial charge in [-0.2, -0.15) is 0 Å². The number of anilines is 1. The first kappa shape index (κ1) is 26.0. The Morgan fingerprint density at radius 2 is 1.30 bits per heavy atom. The normalized spacial score (nSPS) is 17.0. The van der Waals surface area contributed by atoms with Crippen LogP contribution in [0.15, 0.2) is 97.3 Å². The molecule has 214 valence electrons. The number of benzene rings is 4. The fraction of sp³-hybridized carbons (Fsp3) is 0.263. The van der Waals surface area contributed by atoms with Crippen LogP contribution in [0, 0.1) is 0 Å². The molecule has 2 aliphatic heterocycles. The lowest BCUT2D eigenvalue weighted by Crippen LogP contribution is -2.44. The van der Waals surface area contributed by atoms with Crippen molar-refractivity contribution in [3.63, 3.8) is 0 Å². The molecular formula is C38H33NO4. The lowest BCUT2D eigenvalue weighted by atomic mass is 9.69. The molecule has 0 bridgehead atoms. The third-order valence-electron chi connectivity index (χ3n) is 9.88. The summed E-state index contributed by atoms with van der Waals surface area (Å²) in [7, 11) is 0. The third kappa shape index (κ3) is 3.91. The van der Waals surface area contributed by atoms with Crippen LogP contribution >= 0.6 is 0 Å². The number of nitrogens with zero attached hydrogens (tertiary/aromatic N) is 1. The van der Waals surface area contributed by atoms with E-state index in [0.717, 1.165) is 64.2 Å². The van der Waals surface area contributed by atoms with Crippen LogP contribution in [-0.4, -0.2) is 13.1 Å². The zero-order valence-corrected chi connectivity index (χ0v) is 24.9. The van der Waals surface area contributed by atoms with Gasteiger partial charge in [-0.1, -0.05) is 82.3 Å². The van der Waals surface area contributed by atoms with Gasteiger partial charge in [0, 0.05) is 35.1 Å². The number of fused-ring (bicyclic) bond motifs is 5. The van der Waals surface area contributed by atoms with Crippen LogP contribution < -0.4 is 16.2 Å². The van der Waals surface area contributed by atoms with Gasteiger partial charge in [0.2, 0.25) is 0 Å². The summed E-state index contributed by atoms with van der Waals surface area (Å²) in [5, 5.41) is 3.97. The van der Waals surface area contributed by atoms with Crippen LogP contribution in [-0.2, 0) is 10.8 Å². The Morgan fingerprint density at radius 3 is 2.05 bits per heavy atom. The molecule has 0 saturated carbocycles. The Balaban J connectivity index is 1.26. The highest BCUT2D eigenvalue weighted by Gasteiger charge is 2.42. The van der Waals surface area contributed by atoms with Crippen LogP contribution in [0.5, 0.6) is 0 Å². The molecule has 0 aliphatic carbocycles. The van der Waals surface area contributed by atoms with Gasteiger partial charge < -0.3 is 13.7 Å². The zero-order valence-electron chi connectivity index (χ0n) is 24.9. The summed E-state index contributed by atoms with van der Waals surface area (Å²) >= 11 is 0. The maximum atomic E-state index is 13.5. The summed E-state index contributed by atoms with van der Waals surface area (Å²) in [6.07, 6.45) is 2.11. The Labute approximate surface area is 249 Å². The van der Waals surface area contributed by atoms with Crippen LogP contribution in [0.2, 0.25) is 0 Å². The van der Waals surface area contributed by atoms with E-state index in [9.17, 15) is 9.59 Å². The fourth-order valence-corrected chi connectivity index (χ4v) is 7.25. The molecule has 5 nitrogen and oxygen atoms in total. The molecule has 0 unspecified atom stereocenters. The molecule has 6 aromatic rings. The molecule has 4 aromatic carbocycles. The maximum absolute atomic E-state index is 13.5. The first-order valence-electron chi connectivity index (χ1n) is 15.1. The Morgan fingerprint density at radius 1 is 0.651 bits per heavy atom. The topological polar surface area (TPSA) is 63.7 Å². The minimum atomic E-state index is -0.390. The van der Waals surface area contributed by atoms with Crippen molar-refractivity contribution < 1.29 is 8.83 Å². The van der Waals surface area contributed by atoms with E-state index < -0.39 is 5.63 Å². The second-order valence-corrected chi connectivity index (χ2v) is 13.5. The lowest BCUT2D eigenvalue weighted by Gasteiger charge is -2.48. The number of rotatable bonds is 2. The molecule has 0 atom stereocenters. The monoisotopic (exact) mass is 567 g/mol. The minimum absolute atomic E-state index is 0.0341. The molecule has 0 amide bonds. The first-order chi connectivity index (χ1) is 20.6. The highest BCUT2D eigenvalue weighted by atomic mass is 16.4. The molecule has 0 spiro atoms. The quantitative estimate of drug-likeness (QED) is 0.155. The van der Waals surface area contributed by atoms with Gasteiger partial charge in [-0.25, -0.2) is 9.59 Å². The van der Waals surface area contributed by atoms with Gasteiger partial charge in [-0.3, -0.25) is 0 Å². The van der Waals surface area contributed by atoms with Crippen LogP contribution in [0.1, 0.15) is 51.7 Å². The van der Waals surface area contributed by atoms with Crippen molar-refractivity contribution in [1.29, 1.82) is 0 Å². The molecule has 0 saturated heterocycles. The molecule has 5 heteroatoms. The number of hydrogen-bond donors (Lipinski definition) is 0. The molecule has 0 radical (unpaired) electrons. The molecule has 4 heterocycles. The van der Waals surface area contributed by atoms with Crippen LogP contribution in [0.4, 0.5) is 5.69 Å².